The molecule has 0 spiro atoms. The number of hydrogen-bond acceptors (Lipinski definition) is 9. The Morgan fingerprint density at radius 1 is 1.00 bits per heavy atom. The van der Waals surface area contributed by atoms with E-state index in [0.717, 1.165) is 24.5 Å². The second kappa shape index (κ2) is 13.1. The molecular weight excluding hydrogens is 640 g/mol. The quantitative estimate of drug-likeness (QED) is 0.230. The van der Waals surface area contributed by atoms with Crippen LogP contribution in [0.3, 0.4) is 0 Å². The maximum absolute atomic E-state index is 15.7. The number of aliphatic hydroxyl groups is 2. The first-order valence-corrected chi connectivity index (χ1v) is 16.2. The number of nitrogens with zero attached hydrogens (tertiary/aromatic N) is 3. The topological polar surface area (TPSA) is 131 Å². The Kier molecular flexibility index (Phi) is 8.72. The zero-order valence-electron chi connectivity index (χ0n) is 26.5. The van der Waals surface area contributed by atoms with E-state index in [4.69, 9.17) is 14.2 Å². The Labute approximate surface area is 279 Å². The number of pyridine rings is 1. The lowest BCUT2D eigenvalue weighted by molar-refractivity contribution is -0.0250. The molecule has 2 saturated heterocycles. The van der Waals surface area contributed by atoms with E-state index in [0.29, 0.717) is 5.52 Å². The van der Waals surface area contributed by atoms with Gasteiger partial charge in [0.15, 0.2) is 11.6 Å². The van der Waals surface area contributed by atoms with Crippen molar-refractivity contribution in [2.45, 2.75) is 50.0 Å². The molecule has 1 aromatic heterocycles. The highest BCUT2D eigenvalue weighted by Crippen LogP contribution is 2.39. The molecule has 0 radical (unpaired) electrons. The van der Waals surface area contributed by atoms with Crippen LogP contribution in [0.5, 0.6) is 5.75 Å². The van der Waals surface area contributed by atoms with Crippen LogP contribution in [0, 0.1) is 11.6 Å². The molecule has 3 aromatic carbocycles. The number of ether oxygens (including phenoxy) is 3. The molecule has 7 rings (SSSR count). The summed E-state index contributed by atoms with van der Waals surface area (Å²) in [6.07, 6.45) is 2.26. The summed E-state index contributed by atoms with van der Waals surface area (Å²) in [5.41, 5.74) is -0.244. The minimum Gasteiger partial charge on any atom is -0.488 e. The fourth-order valence-corrected chi connectivity index (χ4v) is 6.32. The normalized spacial score (nSPS) is 18.9. The molecule has 49 heavy (non-hydrogen) atoms. The van der Waals surface area contributed by atoms with Crippen LogP contribution in [0.1, 0.15) is 47.6 Å². The molecule has 1 aliphatic carbocycles. The summed E-state index contributed by atoms with van der Waals surface area (Å²) in [5.74, 6) is -2.23. The molecule has 11 nitrogen and oxygen atoms in total. The number of piperidine rings is 1. The van der Waals surface area contributed by atoms with E-state index in [1.54, 1.807) is 11.0 Å². The standard InChI is InChI=1S/C36H35F2N3O8/c37-28-15-26-30(40(23-6-7-23)18-27(33(26)43)34(44)47-20-22-4-2-1-3-5-22)16-31(28)39-12-10-36(46,11-13-39)21-48-32-9-8-24(14-29(32)38)41-17-25(19-42)49-35(41)45/h1-5,8-9,14-16,18,23,25,42,46H,6-7,10-13,17,19-21H2/t25-/m1/s1. The van der Waals surface area contributed by atoms with Gasteiger partial charge < -0.3 is 33.9 Å². The van der Waals surface area contributed by atoms with Gasteiger partial charge in [-0.15, -0.1) is 0 Å². The monoisotopic (exact) mass is 675 g/mol. The van der Waals surface area contributed by atoms with Gasteiger partial charge >= 0.3 is 12.1 Å². The van der Waals surface area contributed by atoms with Gasteiger partial charge in [-0.1, -0.05) is 30.3 Å². The van der Waals surface area contributed by atoms with Crippen molar-refractivity contribution >= 4 is 34.3 Å². The minimum atomic E-state index is -1.31. The molecular formula is C36H35F2N3O8. The maximum Gasteiger partial charge on any atom is 0.414 e. The van der Waals surface area contributed by atoms with E-state index >= 15 is 4.39 Å². The molecule has 4 aromatic rings. The molecule has 3 aliphatic rings. The molecule has 3 heterocycles. The van der Waals surface area contributed by atoms with Crippen LogP contribution in [-0.2, 0) is 16.1 Å². The number of hydrogen-bond donors (Lipinski definition) is 2. The lowest BCUT2D eigenvalue weighted by Crippen LogP contribution is -2.48. The van der Waals surface area contributed by atoms with Crippen molar-refractivity contribution in [2.75, 3.05) is 42.6 Å². The number of aromatic nitrogens is 1. The molecule has 0 unspecified atom stereocenters. The van der Waals surface area contributed by atoms with Gasteiger partial charge in [0.05, 0.1) is 30.0 Å². The number of carbonyl (C=O) groups is 2. The smallest absolute Gasteiger partial charge is 0.414 e. The second-order valence-corrected chi connectivity index (χ2v) is 12.8. The third kappa shape index (κ3) is 6.68. The molecule has 1 saturated carbocycles. The Morgan fingerprint density at radius 3 is 2.43 bits per heavy atom. The lowest BCUT2D eigenvalue weighted by atomic mass is 9.92. The van der Waals surface area contributed by atoms with Crippen LogP contribution in [0.25, 0.3) is 10.9 Å². The summed E-state index contributed by atoms with van der Waals surface area (Å²) in [5, 5.41) is 20.6. The van der Waals surface area contributed by atoms with Crippen LogP contribution in [-0.4, -0.2) is 71.4 Å². The number of rotatable bonds is 10. The van der Waals surface area contributed by atoms with Gasteiger partial charge in [-0.2, -0.15) is 0 Å². The SMILES string of the molecule is O=C(OCc1ccccc1)c1cn(C2CC2)c2cc(N3CCC(O)(COc4ccc(N5C[C@H](CO)OC5=O)cc4F)CC3)c(F)cc2c1=O. The average Bonchev–Trinajstić information content (AvgIpc) is 3.88. The molecule has 3 fully saturated rings. The maximum atomic E-state index is 15.7. The molecule has 2 aliphatic heterocycles. The first-order chi connectivity index (χ1) is 23.6. The fraction of sp³-hybridized carbons (Fsp3) is 0.361. The predicted molar refractivity (Wildman–Crippen MR) is 175 cm³/mol. The summed E-state index contributed by atoms with van der Waals surface area (Å²) in [7, 11) is 0. The van der Waals surface area contributed by atoms with Crippen molar-refractivity contribution in [3.63, 3.8) is 0 Å². The van der Waals surface area contributed by atoms with Gasteiger partial charge in [0, 0.05) is 36.8 Å². The third-order valence-electron chi connectivity index (χ3n) is 9.31. The van der Waals surface area contributed by atoms with Crippen molar-refractivity contribution < 1.29 is 42.8 Å². The highest BCUT2D eigenvalue weighted by molar-refractivity contribution is 5.95. The number of cyclic esters (lactones) is 1. The number of benzene rings is 3. The third-order valence-corrected chi connectivity index (χ3v) is 9.31. The predicted octanol–water partition coefficient (Wildman–Crippen LogP) is 4.70. The van der Waals surface area contributed by atoms with Gasteiger partial charge in [0.1, 0.15) is 36.3 Å². The molecule has 1 atom stereocenters. The van der Waals surface area contributed by atoms with Gasteiger partial charge in [-0.3, -0.25) is 9.69 Å². The van der Waals surface area contributed by atoms with Crippen LogP contribution in [0.4, 0.5) is 25.0 Å². The Hall–Kier alpha value is -5.01. The van der Waals surface area contributed by atoms with Gasteiger partial charge in [-0.25, -0.2) is 18.4 Å². The average molecular weight is 676 g/mol. The van der Waals surface area contributed by atoms with E-state index < -0.39 is 40.8 Å². The highest BCUT2D eigenvalue weighted by Gasteiger charge is 2.36. The van der Waals surface area contributed by atoms with Crippen LogP contribution in [0.2, 0.25) is 0 Å². The number of anilines is 2. The molecule has 13 heteroatoms. The number of fused-ring (bicyclic) bond motifs is 1. The van der Waals surface area contributed by atoms with E-state index in [9.17, 15) is 29.0 Å². The first-order valence-electron chi connectivity index (χ1n) is 16.2. The second-order valence-electron chi connectivity index (χ2n) is 12.8. The van der Waals surface area contributed by atoms with Crippen molar-refractivity contribution in [3.8, 4) is 5.75 Å². The van der Waals surface area contributed by atoms with Gasteiger partial charge in [-0.05, 0) is 55.5 Å². The number of amides is 1. The van der Waals surface area contributed by atoms with Crippen LogP contribution >= 0.6 is 0 Å². The summed E-state index contributed by atoms with van der Waals surface area (Å²) in [6.45, 7) is 0.0810. The fourth-order valence-electron chi connectivity index (χ4n) is 6.32. The van der Waals surface area contributed by atoms with Crippen LogP contribution < -0.4 is 20.0 Å². The zero-order valence-corrected chi connectivity index (χ0v) is 26.5. The Morgan fingerprint density at radius 2 is 1.76 bits per heavy atom. The Balaban J connectivity index is 1.03. The molecule has 1 amide bonds. The number of aliphatic hydroxyl groups excluding tert-OH is 1. The lowest BCUT2D eigenvalue weighted by Gasteiger charge is -2.39. The summed E-state index contributed by atoms with van der Waals surface area (Å²) < 4.78 is 48.5. The minimum absolute atomic E-state index is 0.00462. The number of carbonyl (C=O) groups excluding carboxylic acids is 2. The number of esters is 1. The van der Waals surface area contributed by atoms with E-state index in [1.165, 1.54) is 29.3 Å². The molecule has 256 valence electrons. The van der Waals surface area contributed by atoms with Crippen molar-refractivity contribution in [2.24, 2.45) is 0 Å². The van der Waals surface area contributed by atoms with Crippen LogP contribution in [0.15, 0.2) is 71.7 Å². The summed E-state index contributed by atoms with van der Waals surface area (Å²) >= 11 is 0. The summed E-state index contributed by atoms with van der Waals surface area (Å²) in [6, 6.07) is 16.0. The number of halogens is 2. The van der Waals surface area contributed by atoms with Gasteiger partial charge in [0.2, 0.25) is 5.43 Å². The Bertz CT molecular complexity index is 1960. The van der Waals surface area contributed by atoms with E-state index in [1.807, 2.05) is 34.9 Å². The largest absolute Gasteiger partial charge is 0.488 e. The van der Waals surface area contributed by atoms with Crippen molar-refractivity contribution in [1.29, 1.82) is 0 Å². The molecule has 0 bridgehead atoms. The first kappa shape index (κ1) is 32.5. The highest BCUT2D eigenvalue weighted by atomic mass is 19.1. The zero-order chi connectivity index (χ0) is 34.3. The van der Waals surface area contributed by atoms with Gasteiger partial charge in [0.25, 0.3) is 0 Å². The van der Waals surface area contributed by atoms with Crippen molar-refractivity contribution in [1.82, 2.24) is 4.57 Å². The van der Waals surface area contributed by atoms with Crippen molar-refractivity contribution in [3.05, 3.63) is 99.8 Å². The summed E-state index contributed by atoms with van der Waals surface area (Å²) in [4.78, 5) is 41.5. The van der Waals surface area contributed by atoms with E-state index in [2.05, 4.69) is 0 Å². The van der Waals surface area contributed by atoms with E-state index in [-0.39, 0.29) is 86.4 Å². The molecule has 2 N–H and O–H groups in total.